The number of hydrogen-bond acceptors (Lipinski definition) is 1. The summed E-state index contributed by atoms with van der Waals surface area (Å²) in [6.45, 7) is 0. The SMILES string of the molecule is Cn1cc(C(=O)O)c2c1=CI=CC=2. The maximum atomic E-state index is 10.8. The smallest absolute Gasteiger partial charge is 0.337 e. The van der Waals surface area contributed by atoms with Crippen LogP contribution in [0.25, 0.3) is 10.2 Å². The highest BCUT2D eigenvalue weighted by molar-refractivity contribution is 14.2. The summed E-state index contributed by atoms with van der Waals surface area (Å²) in [6.07, 6.45) is 3.59. The van der Waals surface area contributed by atoms with E-state index in [1.54, 1.807) is 6.20 Å². The van der Waals surface area contributed by atoms with E-state index in [1.165, 1.54) is 0 Å². The fourth-order valence-corrected chi connectivity index (χ4v) is 3.23. The summed E-state index contributed by atoms with van der Waals surface area (Å²) >= 11 is -0.0169. The number of aryl methyl sites for hydroxylation is 1. The Kier molecular flexibility index (Phi) is 2.07. The number of nitrogens with zero attached hydrogens (tertiary/aromatic N) is 1. The number of aromatic nitrogens is 1. The quantitative estimate of drug-likeness (QED) is 0.741. The molecule has 1 aliphatic heterocycles. The highest BCUT2D eigenvalue weighted by atomic mass is 127. The molecule has 0 saturated heterocycles. The number of carboxylic acid groups (broad SMARTS) is 1. The average molecular weight is 289 g/mol. The van der Waals surface area contributed by atoms with Crippen LogP contribution in [0.5, 0.6) is 0 Å². The van der Waals surface area contributed by atoms with E-state index in [-0.39, 0.29) is 20.7 Å². The molecule has 0 spiro atoms. The largest absolute Gasteiger partial charge is 0.478 e. The molecule has 0 amide bonds. The van der Waals surface area contributed by atoms with Crippen LogP contribution in [0.3, 0.4) is 0 Å². The topological polar surface area (TPSA) is 42.2 Å². The predicted octanol–water partition coefficient (Wildman–Crippen LogP) is 0.0283. The Labute approximate surface area is 84.7 Å². The van der Waals surface area contributed by atoms with Crippen molar-refractivity contribution in [1.82, 2.24) is 4.57 Å². The van der Waals surface area contributed by atoms with Crippen molar-refractivity contribution in [2.45, 2.75) is 0 Å². The molecule has 0 atom stereocenters. The Bertz CT molecular complexity index is 510. The van der Waals surface area contributed by atoms with Gasteiger partial charge in [0.05, 0.1) is 10.9 Å². The van der Waals surface area contributed by atoms with Gasteiger partial charge < -0.3 is 9.67 Å². The van der Waals surface area contributed by atoms with Gasteiger partial charge in [0.15, 0.2) is 0 Å². The maximum absolute atomic E-state index is 10.8. The Hall–Kier alpha value is -0.910. The van der Waals surface area contributed by atoms with Crippen LogP contribution in [0.15, 0.2) is 6.20 Å². The first-order valence-corrected chi connectivity index (χ1v) is 6.23. The highest BCUT2D eigenvalue weighted by Crippen LogP contribution is 2.00. The molecule has 4 heteroatoms. The molecule has 2 heterocycles. The lowest BCUT2D eigenvalue weighted by Crippen LogP contribution is -2.30. The fourth-order valence-electron chi connectivity index (χ4n) is 1.34. The Balaban J connectivity index is 2.88. The predicted molar refractivity (Wildman–Crippen MR) is 60.6 cm³/mol. The molecule has 2 rings (SSSR count). The van der Waals surface area contributed by atoms with Gasteiger partial charge in [0.2, 0.25) is 0 Å². The summed E-state index contributed by atoms with van der Waals surface area (Å²) in [5.74, 6) is -0.852. The first-order chi connectivity index (χ1) is 6.20. The first kappa shape index (κ1) is 8.68. The van der Waals surface area contributed by atoms with Crippen LogP contribution >= 0.6 is 20.7 Å². The molecular weight excluding hydrogens is 281 g/mol. The van der Waals surface area contributed by atoms with Crippen LogP contribution in [0.1, 0.15) is 10.4 Å². The summed E-state index contributed by atoms with van der Waals surface area (Å²) in [5.41, 5.74) is 0.397. The molecule has 13 heavy (non-hydrogen) atoms. The van der Waals surface area contributed by atoms with E-state index < -0.39 is 5.97 Å². The number of halogens is 1. The van der Waals surface area contributed by atoms with Crippen LogP contribution in [0.4, 0.5) is 0 Å². The summed E-state index contributed by atoms with van der Waals surface area (Å²) in [6, 6.07) is 0. The van der Waals surface area contributed by atoms with E-state index in [0.717, 1.165) is 10.6 Å². The highest BCUT2D eigenvalue weighted by Gasteiger charge is 2.09. The molecule has 1 aromatic heterocycles. The van der Waals surface area contributed by atoms with Gasteiger partial charge in [-0.05, 0) is 14.2 Å². The fraction of sp³-hybridized carbons (Fsp3) is 0.111. The summed E-state index contributed by atoms with van der Waals surface area (Å²) in [7, 11) is 1.88. The van der Waals surface area contributed by atoms with Crippen LogP contribution in [-0.4, -0.2) is 19.7 Å². The van der Waals surface area contributed by atoms with Crippen molar-refractivity contribution in [2.75, 3.05) is 0 Å². The zero-order valence-electron chi connectivity index (χ0n) is 6.99. The minimum atomic E-state index is -0.852. The number of carboxylic acids is 1. The zero-order valence-corrected chi connectivity index (χ0v) is 9.15. The van der Waals surface area contributed by atoms with Crippen LogP contribution in [0, 0.1) is 0 Å². The van der Waals surface area contributed by atoms with Crippen LogP contribution in [0.2, 0.25) is 0 Å². The molecule has 0 fully saturated rings. The van der Waals surface area contributed by atoms with Crippen LogP contribution in [-0.2, 0) is 7.05 Å². The monoisotopic (exact) mass is 289 g/mol. The van der Waals surface area contributed by atoms with E-state index in [1.807, 2.05) is 17.7 Å². The summed E-state index contributed by atoms with van der Waals surface area (Å²) < 4.78 is 6.09. The molecule has 0 radical (unpaired) electrons. The normalized spacial score (nSPS) is 13.6. The van der Waals surface area contributed by atoms with E-state index in [4.69, 9.17) is 5.11 Å². The molecule has 0 saturated carbocycles. The summed E-state index contributed by atoms with van der Waals surface area (Å²) in [5, 5.41) is 10.8. The number of carbonyl (C=O) groups is 1. The molecule has 3 nitrogen and oxygen atoms in total. The van der Waals surface area contributed by atoms with Crippen molar-refractivity contribution in [2.24, 2.45) is 7.05 Å². The Morgan fingerprint density at radius 3 is 3.08 bits per heavy atom. The van der Waals surface area contributed by atoms with Gasteiger partial charge in [-0.1, -0.05) is 20.7 Å². The van der Waals surface area contributed by atoms with Gasteiger partial charge in [0.1, 0.15) is 0 Å². The lowest BCUT2D eigenvalue weighted by Gasteiger charge is -1.90. The third-order valence-electron chi connectivity index (χ3n) is 1.97. The molecule has 68 valence electrons. The van der Waals surface area contributed by atoms with Gasteiger partial charge in [-0.15, -0.1) is 0 Å². The minimum absolute atomic E-state index is 0.0169. The van der Waals surface area contributed by atoms with Gasteiger partial charge >= 0.3 is 5.97 Å². The van der Waals surface area contributed by atoms with Crippen molar-refractivity contribution in [3.63, 3.8) is 0 Å². The van der Waals surface area contributed by atoms with Crippen molar-refractivity contribution in [3.05, 3.63) is 22.3 Å². The number of aromatic carboxylic acids is 1. The van der Waals surface area contributed by atoms with E-state index in [0.29, 0.717) is 5.56 Å². The van der Waals surface area contributed by atoms with Gasteiger partial charge in [0, 0.05) is 18.5 Å². The standard InChI is InChI=1S/C9H8INO2/c1-11-5-7(9(12)13)6-2-3-10-4-8(6)11/h2-5H,1H3,(H,12,13). The Morgan fingerprint density at radius 2 is 2.38 bits per heavy atom. The molecular formula is C9H8INO2. The van der Waals surface area contributed by atoms with Crippen LogP contribution < -0.4 is 10.6 Å². The van der Waals surface area contributed by atoms with E-state index in [2.05, 4.69) is 8.09 Å². The third-order valence-corrected chi connectivity index (χ3v) is 3.69. The average Bonchev–Trinajstić information content (AvgIpc) is 2.45. The van der Waals surface area contributed by atoms with Crippen molar-refractivity contribution >= 4 is 40.9 Å². The molecule has 1 N–H and O–H groups in total. The van der Waals surface area contributed by atoms with E-state index in [9.17, 15) is 4.79 Å². The summed E-state index contributed by atoms with van der Waals surface area (Å²) in [4.78, 5) is 10.8. The molecule has 0 unspecified atom stereocenters. The third kappa shape index (κ3) is 1.35. The van der Waals surface area contributed by atoms with Crippen molar-refractivity contribution in [1.29, 1.82) is 0 Å². The van der Waals surface area contributed by atoms with Gasteiger partial charge in [-0.3, -0.25) is 0 Å². The van der Waals surface area contributed by atoms with E-state index >= 15 is 0 Å². The molecule has 0 bridgehead atoms. The molecule has 1 aromatic rings. The number of rotatable bonds is 1. The number of hydrogen-bond donors (Lipinski definition) is 1. The second kappa shape index (κ2) is 3.10. The van der Waals surface area contributed by atoms with Gasteiger partial charge in [0.25, 0.3) is 0 Å². The lowest BCUT2D eigenvalue weighted by molar-refractivity contribution is 0.0695. The number of fused-ring (bicyclic) bond motifs is 1. The maximum Gasteiger partial charge on any atom is 0.337 e. The molecule has 1 aliphatic rings. The second-order valence-electron chi connectivity index (χ2n) is 2.79. The second-order valence-corrected chi connectivity index (χ2v) is 4.85. The zero-order chi connectivity index (χ0) is 9.42. The molecule has 0 aliphatic carbocycles. The van der Waals surface area contributed by atoms with Crippen molar-refractivity contribution in [3.8, 4) is 0 Å². The minimum Gasteiger partial charge on any atom is -0.478 e. The van der Waals surface area contributed by atoms with Gasteiger partial charge in [-0.25, -0.2) is 4.79 Å². The van der Waals surface area contributed by atoms with Gasteiger partial charge in [-0.2, -0.15) is 0 Å². The molecule has 0 aromatic carbocycles. The lowest BCUT2D eigenvalue weighted by atomic mass is 10.2. The Morgan fingerprint density at radius 1 is 1.62 bits per heavy atom. The van der Waals surface area contributed by atoms with Crippen molar-refractivity contribution < 1.29 is 9.90 Å². The first-order valence-electron chi connectivity index (χ1n) is 3.74.